The summed E-state index contributed by atoms with van der Waals surface area (Å²) in [5, 5.41) is 8.92. The van der Waals surface area contributed by atoms with Gasteiger partial charge in [-0.25, -0.2) is 4.39 Å². The number of aliphatic carboxylic acids is 1. The average molecular weight is 266 g/mol. The minimum atomic E-state index is -0.948. The lowest BCUT2D eigenvalue weighted by atomic mass is 10.1. The van der Waals surface area contributed by atoms with Gasteiger partial charge in [-0.05, 0) is 18.9 Å². The number of carboxylic acid groups (broad SMARTS) is 1. The molecule has 0 saturated heterocycles. The summed E-state index contributed by atoms with van der Waals surface area (Å²) in [6.07, 6.45) is 4.05. The molecule has 1 unspecified atom stereocenters. The summed E-state index contributed by atoms with van der Waals surface area (Å²) in [6, 6.07) is 1.19. The number of pyridine rings is 1. The van der Waals surface area contributed by atoms with Gasteiger partial charge in [-0.1, -0.05) is 6.92 Å². The molecular formula is C13H15FN2O3. The lowest BCUT2D eigenvalue weighted by Gasteiger charge is -2.24. The van der Waals surface area contributed by atoms with Gasteiger partial charge in [0.05, 0.1) is 17.7 Å². The second kappa shape index (κ2) is 5.34. The zero-order valence-electron chi connectivity index (χ0n) is 10.5. The molecule has 0 radical (unpaired) electrons. The number of hydrogen-bond acceptors (Lipinski definition) is 3. The zero-order valence-corrected chi connectivity index (χ0v) is 10.5. The average Bonchev–Trinajstić information content (AvgIpc) is 3.19. The van der Waals surface area contributed by atoms with E-state index in [1.165, 1.54) is 11.1 Å². The van der Waals surface area contributed by atoms with Crippen molar-refractivity contribution in [1.82, 2.24) is 9.88 Å². The molecule has 102 valence electrons. The molecule has 0 aromatic carbocycles. The quantitative estimate of drug-likeness (QED) is 0.877. The third-order valence-electron chi connectivity index (χ3n) is 3.09. The predicted octanol–water partition coefficient (Wildman–Crippen LogP) is 1.55. The van der Waals surface area contributed by atoms with Crippen LogP contribution in [0.25, 0.3) is 0 Å². The molecule has 1 aliphatic carbocycles. The summed E-state index contributed by atoms with van der Waals surface area (Å²) >= 11 is 0. The van der Waals surface area contributed by atoms with Crippen LogP contribution in [0, 0.1) is 11.7 Å². The topological polar surface area (TPSA) is 70.5 Å². The van der Waals surface area contributed by atoms with E-state index in [2.05, 4.69) is 4.98 Å². The number of aromatic nitrogens is 1. The number of rotatable bonds is 5. The lowest BCUT2D eigenvalue weighted by Crippen LogP contribution is -2.38. The Bertz CT molecular complexity index is 502. The number of nitrogens with zero attached hydrogens (tertiary/aromatic N) is 2. The molecule has 1 aliphatic rings. The van der Waals surface area contributed by atoms with Gasteiger partial charge in [-0.2, -0.15) is 0 Å². The minimum absolute atomic E-state index is 0.0672. The maximum Gasteiger partial charge on any atom is 0.308 e. The van der Waals surface area contributed by atoms with Crippen LogP contribution in [0.1, 0.15) is 30.1 Å². The second-order valence-electron chi connectivity index (χ2n) is 4.82. The van der Waals surface area contributed by atoms with Crippen molar-refractivity contribution in [2.45, 2.75) is 25.8 Å². The molecule has 1 atom stereocenters. The molecule has 0 spiro atoms. The van der Waals surface area contributed by atoms with Crippen LogP contribution in [0.15, 0.2) is 18.5 Å². The molecule has 1 N–H and O–H groups in total. The summed E-state index contributed by atoms with van der Waals surface area (Å²) in [6.45, 7) is 1.68. The first kappa shape index (κ1) is 13.5. The Labute approximate surface area is 110 Å². The highest BCUT2D eigenvalue weighted by molar-refractivity contribution is 5.94. The van der Waals surface area contributed by atoms with Crippen molar-refractivity contribution in [3.05, 3.63) is 29.8 Å². The number of hydrogen-bond donors (Lipinski definition) is 1. The molecule has 1 heterocycles. The Morgan fingerprint density at radius 2 is 2.21 bits per heavy atom. The molecule has 0 bridgehead atoms. The minimum Gasteiger partial charge on any atom is -0.481 e. The van der Waals surface area contributed by atoms with E-state index in [1.54, 1.807) is 6.92 Å². The van der Waals surface area contributed by atoms with Crippen molar-refractivity contribution < 1.29 is 19.1 Å². The van der Waals surface area contributed by atoms with Crippen LogP contribution in [0.4, 0.5) is 4.39 Å². The summed E-state index contributed by atoms with van der Waals surface area (Å²) in [4.78, 5) is 28.3. The van der Waals surface area contributed by atoms with Crippen LogP contribution >= 0.6 is 0 Å². The molecular weight excluding hydrogens is 251 g/mol. The molecule has 5 nitrogen and oxygen atoms in total. The number of carbonyl (C=O) groups excluding carboxylic acids is 1. The van der Waals surface area contributed by atoms with E-state index in [0.717, 1.165) is 25.1 Å². The van der Waals surface area contributed by atoms with Crippen LogP contribution in [-0.2, 0) is 4.79 Å². The lowest BCUT2D eigenvalue weighted by molar-refractivity contribution is -0.141. The van der Waals surface area contributed by atoms with Gasteiger partial charge in [-0.15, -0.1) is 0 Å². The van der Waals surface area contributed by atoms with E-state index >= 15 is 0 Å². The molecule has 1 amide bonds. The van der Waals surface area contributed by atoms with Crippen molar-refractivity contribution in [2.24, 2.45) is 5.92 Å². The van der Waals surface area contributed by atoms with Crippen LogP contribution < -0.4 is 0 Å². The normalized spacial score (nSPS) is 15.9. The SMILES string of the molecule is CC(CN(C(=O)c1cncc(F)c1)C1CC1)C(=O)O. The third-order valence-corrected chi connectivity index (χ3v) is 3.09. The van der Waals surface area contributed by atoms with Crippen LogP contribution in [0.3, 0.4) is 0 Å². The van der Waals surface area contributed by atoms with Gasteiger partial charge in [0.2, 0.25) is 0 Å². The molecule has 1 aromatic heterocycles. The third kappa shape index (κ3) is 3.27. The molecule has 1 saturated carbocycles. The van der Waals surface area contributed by atoms with Crippen molar-refractivity contribution in [2.75, 3.05) is 6.54 Å². The second-order valence-corrected chi connectivity index (χ2v) is 4.82. The summed E-state index contributed by atoms with van der Waals surface area (Å²) in [7, 11) is 0. The Morgan fingerprint density at radius 3 is 2.74 bits per heavy atom. The van der Waals surface area contributed by atoms with Gasteiger partial charge < -0.3 is 10.0 Å². The van der Waals surface area contributed by atoms with Crippen LogP contribution in [0.5, 0.6) is 0 Å². The Balaban J connectivity index is 2.15. The summed E-state index contributed by atoms with van der Waals surface area (Å²) in [5.41, 5.74) is 0.157. The van der Waals surface area contributed by atoms with Gasteiger partial charge in [-0.3, -0.25) is 14.6 Å². The molecule has 19 heavy (non-hydrogen) atoms. The maximum atomic E-state index is 13.1. The fraction of sp³-hybridized carbons (Fsp3) is 0.462. The first-order valence-electron chi connectivity index (χ1n) is 6.13. The first-order valence-corrected chi connectivity index (χ1v) is 6.13. The number of carbonyl (C=O) groups is 2. The van der Waals surface area contributed by atoms with E-state index < -0.39 is 17.7 Å². The fourth-order valence-electron chi connectivity index (χ4n) is 1.85. The number of halogens is 1. The molecule has 1 aromatic rings. The van der Waals surface area contributed by atoms with Crippen LogP contribution in [0.2, 0.25) is 0 Å². The van der Waals surface area contributed by atoms with Crippen LogP contribution in [-0.4, -0.2) is 39.5 Å². The summed E-state index contributed by atoms with van der Waals surface area (Å²) < 4.78 is 13.1. The molecule has 1 fully saturated rings. The van der Waals surface area contributed by atoms with E-state index in [-0.39, 0.29) is 24.1 Å². The van der Waals surface area contributed by atoms with E-state index in [0.29, 0.717) is 0 Å². The zero-order chi connectivity index (χ0) is 14.0. The van der Waals surface area contributed by atoms with Crippen molar-refractivity contribution in [3.8, 4) is 0 Å². The van der Waals surface area contributed by atoms with Crippen molar-refractivity contribution in [3.63, 3.8) is 0 Å². The van der Waals surface area contributed by atoms with E-state index in [4.69, 9.17) is 5.11 Å². The number of carboxylic acids is 1. The monoisotopic (exact) mass is 266 g/mol. The smallest absolute Gasteiger partial charge is 0.308 e. The highest BCUT2D eigenvalue weighted by Crippen LogP contribution is 2.29. The molecule has 6 heteroatoms. The number of amides is 1. The highest BCUT2D eigenvalue weighted by atomic mass is 19.1. The van der Waals surface area contributed by atoms with Crippen molar-refractivity contribution >= 4 is 11.9 Å². The Hall–Kier alpha value is -1.98. The summed E-state index contributed by atoms with van der Waals surface area (Å²) in [5.74, 6) is -2.53. The van der Waals surface area contributed by atoms with Gasteiger partial charge >= 0.3 is 5.97 Å². The van der Waals surface area contributed by atoms with Gasteiger partial charge in [0.15, 0.2) is 0 Å². The van der Waals surface area contributed by atoms with E-state index in [1.807, 2.05) is 0 Å². The molecule has 2 rings (SSSR count). The molecule has 0 aliphatic heterocycles. The van der Waals surface area contributed by atoms with Gasteiger partial charge in [0, 0.05) is 18.8 Å². The van der Waals surface area contributed by atoms with E-state index in [9.17, 15) is 14.0 Å². The predicted molar refractivity (Wildman–Crippen MR) is 65.1 cm³/mol. The fourth-order valence-corrected chi connectivity index (χ4v) is 1.85. The largest absolute Gasteiger partial charge is 0.481 e. The van der Waals surface area contributed by atoms with Gasteiger partial charge in [0.25, 0.3) is 5.91 Å². The first-order chi connectivity index (χ1) is 8.99. The Kier molecular flexibility index (Phi) is 3.78. The standard InChI is InChI=1S/C13H15FN2O3/c1-8(13(18)19)7-16(11-2-3-11)12(17)9-4-10(14)6-15-5-9/h4-6,8,11H,2-3,7H2,1H3,(H,18,19). The highest BCUT2D eigenvalue weighted by Gasteiger charge is 2.35. The van der Waals surface area contributed by atoms with Crippen molar-refractivity contribution in [1.29, 1.82) is 0 Å². The Morgan fingerprint density at radius 1 is 1.53 bits per heavy atom. The van der Waals surface area contributed by atoms with Gasteiger partial charge in [0.1, 0.15) is 5.82 Å². The maximum absolute atomic E-state index is 13.1.